The van der Waals surface area contributed by atoms with Crippen LogP contribution in [0.4, 0.5) is 5.69 Å². The Bertz CT molecular complexity index is 820. The smallest absolute Gasteiger partial charge is 0.248 e. The Morgan fingerprint density at radius 3 is 2.27 bits per heavy atom. The maximum Gasteiger partial charge on any atom is 0.248 e. The molecule has 0 aromatic heterocycles. The Morgan fingerprint density at radius 1 is 1.00 bits per heavy atom. The third-order valence-corrected chi connectivity index (χ3v) is 4.29. The second-order valence-electron chi connectivity index (χ2n) is 5.45. The van der Waals surface area contributed by atoms with Gasteiger partial charge in [-0.05, 0) is 42.8 Å². The SMILES string of the molecule is COc1ccc(C(C)NC(=O)/C=C\C(=O)Nc2ccc(Cl)c(Cl)c2)cc1. The topological polar surface area (TPSA) is 67.4 Å². The molecule has 0 aliphatic carbocycles. The van der Waals surface area contributed by atoms with Crippen LogP contribution in [-0.4, -0.2) is 18.9 Å². The van der Waals surface area contributed by atoms with E-state index in [1.54, 1.807) is 19.2 Å². The number of ether oxygens (including phenoxy) is 1. The van der Waals surface area contributed by atoms with Crippen molar-refractivity contribution < 1.29 is 14.3 Å². The fourth-order valence-corrected chi connectivity index (χ4v) is 2.44. The Hall–Kier alpha value is -2.50. The van der Waals surface area contributed by atoms with Crippen LogP contribution in [0, 0.1) is 0 Å². The van der Waals surface area contributed by atoms with Crippen molar-refractivity contribution in [3.8, 4) is 5.75 Å². The van der Waals surface area contributed by atoms with Gasteiger partial charge in [0.25, 0.3) is 0 Å². The summed E-state index contributed by atoms with van der Waals surface area (Å²) in [5, 5.41) is 6.11. The minimum Gasteiger partial charge on any atom is -0.497 e. The van der Waals surface area contributed by atoms with Crippen LogP contribution in [0.3, 0.4) is 0 Å². The lowest BCUT2D eigenvalue weighted by Gasteiger charge is -2.13. The van der Waals surface area contributed by atoms with Crippen molar-refractivity contribution in [1.29, 1.82) is 0 Å². The van der Waals surface area contributed by atoms with Crippen LogP contribution < -0.4 is 15.4 Å². The molecular weight excluding hydrogens is 375 g/mol. The van der Waals surface area contributed by atoms with E-state index in [2.05, 4.69) is 10.6 Å². The number of carbonyl (C=O) groups excluding carboxylic acids is 2. The fraction of sp³-hybridized carbons (Fsp3) is 0.158. The first-order valence-electron chi connectivity index (χ1n) is 7.77. The van der Waals surface area contributed by atoms with Crippen LogP contribution in [0.1, 0.15) is 18.5 Å². The van der Waals surface area contributed by atoms with Crippen LogP contribution in [0.5, 0.6) is 5.75 Å². The molecule has 0 spiro atoms. The van der Waals surface area contributed by atoms with Crippen molar-refractivity contribution >= 4 is 40.7 Å². The summed E-state index contributed by atoms with van der Waals surface area (Å²) in [6, 6.07) is 11.9. The number of hydrogen-bond donors (Lipinski definition) is 2. The highest BCUT2D eigenvalue weighted by Crippen LogP contribution is 2.25. The number of hydrogen-bond acceptors (Lipinski definition) is 3. The van der Waals surface area contributed by atoms with Gasteiger partial charge in [-0.15, -0.1) is 0 Å². The molecule has 0 heterocycles. The number of carbonyl (C=O) groups is 2. The minimum absolute atomic E-state index is 0.212. The maximum absolute atomic E-state index is 12.0. The van der Waals surface area contributed by atoms with E-state index in [4.69, 9.17) is 27.9 Å². The summed E-state index contributed by atoms with van der Waals surface area (Å²) < 4.78 is 5.10. The molecule has 26 heavy (non-hydrogen) atoms. The van der Waals surface area contributed by atoms with E-state index in [1.165, 1.54) is 12.1 Å². The third kappa shape index (κ3) is 5.79. The normalized spacial score (nSPS) is 11.8. The summed E-state index contributed by atoms with van der Waals surface area (Å²) in [6.07, 6.45) is 2.32. The predicted octanol–water partition coefficient (Wildman–Crippen LogP) is 4.37. The molecule has 0 saturated heterocycles. The van der Waals surface area contributed by atoms with E-state index in [0.717, 1.165) is 17.4 Å². The summed E-state index contributed by atoms with van der Waals surface area (Å²) in [4.78, 5) is 23.8. The molecule has 2 rings (SSSR count). The Kier molecular flexibility index (Phi) is 7.06. The highest BCUT2D eigenvalue weighted by atomic mass is 35.5. The van der Waals surface area contributed by atoms with E-state index < -0.39 is 5.91 Å². The third-order valence-electron chi connectivity index (χ3n) is 3.55. The molecule has 2 N–H and O–H groups in total. The standard InChI is InChI=1S/C19H18Cl2N2O3/c1-12(13-3-6-15(26-2)7-4-13)22-18(24)9-10-19(25)23-14-5-8-16(20)17(21)11-14/h3-12H,1-2H3,(H,22,24)(H,23,25)/b10-9-. The summed E-state index contributed by atoms with van der Waals surface area (Å²) in [5.74, 6) is -0.0839. The van der Waals surface area contributed by atoms with Crippen molar-refractivity contribution in [2.75, 3.05) is 12.4 Å². The second kappa shape index (κ2) is 9.27. The van der Waals surface area contributed by atoms with Gasteiger partial charge in [-0.25, -0.2) is 0 Å². The predicted molar refractivity (Wildman–Crippen MR) is 104 cm³/mol. The zero-order chi connectivity index (χ0) is 19.1. The molecule has 0 saturated carbocycles. The van der Waals surface area contributed by atoms with E-state index in [-0.39, 0.29) is 11.9 Å². The largest absolute Gasteiger partial charge is 0.497 e. The lowest BCUT2D eigenvalue weighted by molar-refractivity contribution is -0.117. The number of benzene rings is 2. The Labute approximate surface area is 161 Å². The highest BCUT2D eigenvalue weighted by Gasteiger charge is 2.08. The first kappa shape index (κ1) is 19.8. The summed E-state index contributed by atoms with van der Waals surface area (Å²) in [5.41, 5.74) is 1.41. The molecule has 0 aliphatic rings. The number of anilines is 1. The molecule has 7 heteroatoms. The van der Waals surface area contributed by atoms with Crippen LogP contribution in [0.25, 0.3) is 0 Å². The quantitative estimate of drug-likeness (QED) is 0.716. The number of methoxy groups -OCH3 is 1. The van der Waals surface area contributed by atoms with Gasteiger partial charge in [0.05, 0.1) is 23.2 Å². The number of nitrogens with one attached hydrogen (secondary N) is 2. The Balaban J connectivity index is 1.88. The molecule has 2 aromatic carbocycles. The molecule has 2 amide bonds. The molecule has 136 valence electrons. The van der Waals surface area contributed by atoms with Crippen LogP contribution in [0.2, 0.25) is 10.0 Å². The monoisotopic (exact) mass is 392 g/mol. The van der Waals surface area contributed by atoms with E-state index in [1.807, 2.05) is 31.2 Å². The minimum atomic E-state index is -0.448. The van der Waals surface area contributed by atoms with Crippen molar-refractivity contribution in [1.82, 2.24) is 5.32 Å². The molecule has 2 aromatic rings. The average molecular weight is 393 g/mol. The van der Waals surface area contributed by atoms with Gasteiger partial charge in [-0.1, -0.05) is 35.3 Å². The fourth-order valence-electron chi connectivity index (χ4n) is 2.15. The molecule has 1 unspecified atom stereocenters. The first-order chi connectivity index (χ1) is 12.4. The van der Waals surface area contributed by atoms with E-state index >= 15 is 0 Å². The Morgan fingerprint density at radius 2 is 1.65 bits per heavy atom. The van der Waals surface area contributed by atoms with Crippen LogP contribution in [-0.2, 0) is 9.59 Å². The summed E-state index contributed by atoms with van der Waals surface area (Å²) >= 11 is 11.7. The van der Waals surface area contributed by atoms with Crippen molar-refractivity contribution in [2.24, 2.45) is 0 Å². The van der Waals surface area contributed by atoms with Gasteiger partial charge in [0.15, 0.2) is 0 Å². The molecule has 5 nitrogen and oxygen atoms in total. The van der Waals surface area contributed by atoms with Crippen molar-refractivity contribution in [3.05, 3.63) is 70.2 Å². The molecule has 0 radical (unpaired) electrons. The molecule has 0 bridgehead atoms. The van der Waals surface area contributed by atoms with Crippen LogP contribution in [0.15, 0.2) is 54.6 Å². The maximum atomic E-state index is 12.0. The number of amides is 2. The molecule has 1 atom stereocenters. The van der Waals surface area contributed by atoms with Gasteiger partial charge in [-0.3, -0.25) is 9.59 Å². The zero-order valence-corrected chi connectivity index (χ0v) is 15.8. The van der Waals surface area contributed by atoms with Gasteiger partial charge in [-0.2, -0.15) is 0 Å². The lowest BCUT2D eigenvalue weighted by Crippen LogP contribution is -2.25. The van der Waals surface area contributed by atoms with Gasteiger partial charge >= 0.3 is 0 Å². The molecule has 0 fully saturated rings. The molecule has 0 aliphatic heterocycles. The van der Waals surface area contributed by atoms with Crippen molar-refractivity contribution in [2.45, 2.75) is 13.0 Å². The van der Waals surface area contributed by atoms with Gasteiger partial charge < -0.3 is 15.4 Å². The van der Waals surface area contributed by atoms with E-state index in [0.29, 0.717) is 15.7 Å². The van der Waals surface area contributed by atoms with Crippen molar-refractivity contribution in [3.63, 3.8) is 0 Å². The van der Waals surface area contributed by atoms with Crippen LogP contribution >= 0.6 is 23.2 Å². The summed E-state index contributed by atoms with van der Waals surface area (Å²) in [7, 11) is 1.59. The zero-order valence-electron chi connectivity index (χ0n) is 14.3. The van der Waals surface area contributed by atoms with E-state index in [9.17, 15) is 9.59 Å². The van der Waals surface area contributed by atoms with Gasteiger partial charge in [0.2, 0.25) is 11.8 Å². The first-order valence-corrected chi connectivity index (χ1v) is 8.53. The summed E-state index contributed by atoms with van der Waals surface area (Å²) in [6.45, 7) is 1.85. The average Bonchev–Trinajstić information content (AvgIpc) is 2.63. The highest BCUT2D eigenvalue weighted by molar-refractivity contribution is 6.42. The van der Waals surface area contributed by atoms with Gasteiger partial charge in [0.1, 0.15) is 5.75 Å². The number of halogens is 2. The second-order valence-corrected chi connectivity index (χ2v) is 6.27. The molecular formula is C19H18Cl2N2O3. The number of rotatable bonds is 6. The lowest BCUT2D eigenvalue weighted by atomic mass is 10.1. The van der Waals surface area contributed by atoms with Gasteiger partial charge in [0, 0.05) is 17.8 Å².